The Kier molecular flexibility index (Phi) is 7.57. The van der Waals surface area contributed by atoms with Gasteiger partial charge >= 0.3 is 0 Å². The van der Waals surface area contributed by atoms with Crippen LogP contribution in [0.2, 0.25) is 4.34 Å². The molecule has 1 heterocycles. The smallest absolute Gasteiger partial charge is 0.250 e. The molecule has 10 heteroatoms. The third-order valence-electron chi connectivity index (χ3n) is 3.37. The molecule has 126 valence electrons. The summed E-state index contributed by atoms with van der Waals surface area (Å²) in [6.07, 6.45) is 3.43. The standard InChI is InChI=1S/C12H18ClN3O3S2.ClH/c13-10-5-6-12(20-10)21(18,19)15-7-11(17)16-9-3-1-8(14)2-4-9;/h5-6,8-9,15H,1-4,7,14H2,(H,16,17);1H. The second kappa shape index (κ2) is 8.47. The van der Waals surface area contributed by atoms with E-state index in [2.05, 4.69) is 10.0 Å². The van der Waals surface area contributed by atoms with E-state index in [9.17, 15) is 13.2 Å². The molecule has 22 heavy (non-hydrogen) atoms. The van der Waals surface area contributed by atoms with Gasteiger partial charge in [-0.15, -0.1) is 23.7 Å². The highest BCUT2D eigenvalue weighted by atomic mass is 35.5. The minimum Gasteiger partial charge on any atom is -0.352 e. The van der Waals surface area contributed by atoms with Crippen LogP contribution in [0.25, 0.3) is 0 Å². The number of carbonyl (C=O) groups excluding carboxylic acids is 1. The molecule has 6 nitrogen and oxygen atoms in total. The van der Waals surface area contributed by atoms with Crippen LogP contribution < -0.4 is 15.8 Å². The number of thiophene rings is 1. The number of hydrogen-bond donors (Lipinski definition) is 3. The molecule has 0 spiro atoms. The van der Waals surface area contributed by atoms with Crippen LogP contribution in [-0.4, -0.2) is 33.0 Å². The van der Waals surface area contributed by atoms with Crippen molar-refractivity contribution in [1.29, 1.82) is 0 Å². The summed E-state index contributed by atoms with van der Waals surface area (Å²) >= 11 is 6.66. The second-order valence-corrected chi connectivity index (χ2v) is 8.77. The van der Waals surface area contributed by atoms with Crippen LogP contribution in [0, 0.1) is 0 Å². The predicted octanol–water partition coefficient (Wildman–Crippen LogP) is 1.49. The number of amides is 1. The highest BCUT2D eigenvalue weighted by molar-refractivity contribution is 7.91. The van der Waals surface area contributed by atoms with E-state index in [0.717, 1.165) is 37.0 Å². The van der Waals surface area contributed by atoms with Crippen molar-refractivity contribution in [2.45, 2.75) is 42.0 Å². The van der Waals surface area contributed by atoms with Gasteiger partial charge in [-0.25, -0.2) is 13.1 Å². The summed E-state index contributed by atoms with van der Waals surface area (Å²) in [5.41, 5.74) is 5.80. The van der Waals surface area contributed by atoms with Gasteiger partial charge in [-0.1, -0.05) is 11.6 Å². The third-order valence-corrected chi connectivity index (χ3v) is 6.50. The summed E-state index contributed by atoms with van der Waals surface area (Å²) < 4.78 is 26.6. The van der Waals surface area contributed by atoms with E-state index >= 15 is 0 Å². The van der Waals surface area contributed by atoms with Gasteiger partial charge in [0.05, 0.1) is 10.9 Å². The van der Waals surface area contributed by atoms with Crippen molar-refractivity contribution in [3.05, 3.63) is 16.5 Å². The fraction of sp³-hybridized carbons (Fsp3) is 0.583. The zero-order valence-corrected chi connectivity index (χ0v) is 15.0. The molecular weight excluding hydrogens is 369 g/mol. The molecule has 1 saturated carbocycles. The first-order valence-electron chi connectivity index (χ1n) is 6.67. The van der Waals surface area contributed by atoms with Crippen molar-refractivity contribution in [2.75, 3.05) is 6.54 Å². The maximum atomic E-state index is 11.9. The van der Waals surface area contributed by atoms with Crippen LogP contribution in [0.5, 0.6) is 0 Å². The monoisotopic (exact) mass is 387 g/mol. The first-order valence-corrected chi connectivity index (χ1v) is 9.34. The Bertz CT molecular complexity index is 599. The van der Waals surface area contributed by atoms with E-state index < -0.39 is 10.0 Å². The topological polar surface area (TPSA) is 101 Å². The Morgan fingerprint density at radius 2 is 1.95 bits per heavy atom. The summed E-state index contributed by atoms with van der Waals surface area (Å²) in [5.74, 6) is -0.332. The number of rotatable bonds is 5. The lowest BCUT2D eigenvalue weighted by Crippen LogP contribution is -2.44. The zero-order valence-electron chi connectivity index (χ0n) is 11.7. The van der Waals surface area contributed by atoms with E-state index in [-0.39, 0.29) is 41.2 Å². The highest BCUT2D eigenvalue weighted by Gasteiger charge is 2.22. The molecule has 1 amide bonds. The lowest BCUT2D eigenvalue weighted by atomic mass is 9.92. The summed E-state index contributed by atoms with van der Waals surface area (Å²) in [6.45, 7) is -0.277. The van der Waals surface area contributed by atoms with Gasteiger partial charge in [0.2, 0.25) is 5.91 Å². The normalized spacial score (nSPS) is 21.9. The van der Waals surface area contributed by atoms with Crippen LogP contribution in [0.3, 0.4) is 0 Å². The first-order chi connectivity index (χ1) is 9.87. The Hall–Kier alpha value is -0.380. The summed E-state index contributed by atoms with van der Waals surface area (Å²) in [7, 11) is -3.68. The van der Waals surface area contributed by atoms with Crippen molar-refractivity contribution in [2.24, 2.45) is 5.73 Å². The molecule has 0 unspecified atom stereocenters. The molecule has 1 fully saturated rings. The van der Waals surface area contributed by atoms with Gasteiger partial charge in [0.1, 0.15) is 4.21 Å². The van der Waals surface area contributed by atoms with Crippen LogP contribution in [0.15, 0.2) is 16.3 Å². The van der Waals surface area contributed by atoms with Gasteiger partial charge in [-0.2, -0.15) is 0 Å². The molecule has 0 aromatic carbocycles. The Balaban J connectivity index is 0.00000242. The fourth-order valence-electron chi connectivity index (χ4n) is 2.22. The predicted molar refractivity (Wildman–Crippen MR) is 90.1 cm³/mol. The van der Waals surface area contributed by atoms with Crippen LogP contribution >= 0.6 is 35.3 Å². The number of sulfonamides is 1. The molecule has 1 aliphatic carbocycles. The molecule has 0 atom stereocenters. The Morgan fingerprint density at radius 3 is 2.50 bits per heavy atom. The Morgan fingerprint density at radius 1 is 1.32 bits per heavy atom. The van der Waals surface area contributed by atoms with E-state index in [0.29, 0.717) is 4.34 Å². The molecule has 1 aromatic rings. The third kappa shape index (κ3) is 5.68. The number of nitrogens with one attached hydrogen (secondary N) is 2. The van der Waals surface area contributed by atoms with Gasteiger partial charge < -0.3 is 11.1 Å². The van der Waals surface area contributed by atoms with E-state index in [4.69, 9.17) is 17.3 Å². The van der Waals surface area contributed by atoms with Gasteiger partial charge in [-0.05, 0) is 37.8 Å². The van der Waals surface area contributed by atoms with Crippen molar-refractivity contribution in [3.63, 3.8) is 0 Å². The van der Waals surface area contributed by atoms with Crippen LogP contribution in [0.4, 0.5) is 0 Å². The second-order valence-electron chi connectivity index (χ2n) is 5.06. The number of nitrogens with two attached hydrogens (primary N) is 1. The molecule has 2 rings (SSSR count). The van der Waals surface area contributed by atoms with Crippen molar-refractivity contribution in [1.82, 2.24) is 10.0 Å². The van der Waals surface area contributed by atoms with Crippen molar-refractivity contribution < 1.29 is 13.2 Å². The summed E-state index contributed by atoms with van der Waals surface area (Å²) in [4.78, 5) is 11.8. The van der Waals surface area contributed by atoms with Crippen molar-refractivity contribution in [3.8, 4) is 0 Å². The lowest BCUT2D eigenvalue weighted by Gasteiger charge is -2.26. The number of carbonyl (C=O) groups is 1. The molecule has 4 N–H and O–H groups in total. The highest BCUT2D eigenvalue weighted by Crippen LogP contribution is 2.25. The molecule has 0 radical (unpaired) electrons. The maximum Gasteiger partial charge on any atom is 0.250 e. The van der Waals surface area contributed by atoms with Crippen LogP contribution in [0.1, 0.15) is 25.7 Å². The molecule has 1 aromatic heterocycles. The zero-order chi connectivity index (χ0) is 15.5. The summed E-state index contributed by atoms with van der Waals surface area (Å²) in [5, 5.41) is 2.82. The summed E-state index contributed by atoms with van der Waals surface area (Å²) in [6, 6.07) is 3.21. The molecule has 0 bridgehead atoms. The van der Waals surface area contributed by atoms with Crippen LogP contribution in [-0.2, 0) is 14.8 Å². The maximum absolute atomic E-state index is 11.9. The van der Waals surface area contributed by atoms with Crippen molar-refractivity contribution >= 4 is 51.3 Å². The number of hydrogen-bond acceptors (Lipinski definition) is 5. The van der Waals surface area contributed by atoms with E-state index in [1.54, 1.807) is 0 Å². The quantitative estimate of drug-likeness (QED) is 0.711. The van der Waals surface area contributed by atoms with E-state index in [1.807, 2.05) is 0 Å². The average Bonchev–Trinajstić information content (AvgIpc) is 2.87. The van der Waals surface area contributed by atoms with E-state index in [1.165, 1.54) is 12.1 Å². The van der Waals surface area contributed by atoms with Gasteiger partial charge in [0.25, 0.3) is 10.0 Å². The molecule has 0 aliphatic heterocycles. The van der Waals surface area contributed by atoms with Gasteiger partial charge in [-0.3, -0.25) is 4.79 Å². The molecule has 1 aliphatic rings. The minimum atomic E-state index is -3.68. The molecule has 0 saturated heterocycles. The first kappa shape index (κ1) is 19.7. The number of halogens is 2. The average molecular weight is 388 g/mol. The largest absolute Gasteiger partial charge is 0.352 e. The fourth-order valence-corrected chi connectivity index (χ4v) is 4.73. The SMILES string of the molecule is Cl.NC1CCC(NC(=O)CNS(=O)(=O)c2ccc(Cl)s2)CC1. The van der Waals surface area contributed by atoms with Gasteiger partial charge in [0, 0.05) is 12.1 Å². The Labute approximate surface area is 145 Å². The van der Waals surface area contributed by atoms with Gasteiger partial charge in [0.15, 0.2) is 0 Å². The lowest BCUT2D eigenvalue weighted by molar-refractivity contribution is -0.120. The molecular formula is C12H19Cl2N3O3S2. The minimum absolute atomic E-state index is 0.